The molecule has 1 amide bonds. The maximum atomic E-state index is 13.3. The summed E-state index contributed by atoms with van der Waals surface area (Å²) >= 11 is 7.57. The molecule has 0 spiro atoms. The number of hydrogen-bond acceptors (Lipinski definition) is 5. The van der Waals surface area contributed by atoms with Gasteiger partial charge in [-0.2, -0.15) is 0 Å². The summed E-state index contributed by atoms with van der Waals surface area (Å²) in [6, 6.07) is 12.6. The molecule has 1 fully saturated rings. The Morgan fingerprint density at radius 2 is 1.94 bits per heavy atom. The molecule has 1 aromatic heterocycles. The van der Waals surface area contributed by atoms with Crippen molar-refractivity contribution >= 4 is 40.2 Å². The molecule has 2 aromatic carbocycles. The van der Waals surface area contributed by atoms with Crippen LogP contribution in [-0.2, 0) is 4.79 Å². The number of aromatic nitrogens is 2. The van der Waals surface area contributed by atoms with Gasteiger partial charge in [0.25, 0.3) is 5.56 Å². The van der Waals surface area contributed by atoms with Crippen molar-refractivity contribution in [1.82, 2.24) is 14.9 Å². The monoisotopic (exact) mass is 471 g/mol. The number of ether oxygens (including phenoxy) is 1. The van der Waals surface area contributed by atoms with Gasteiger partial charge in [0.1, 0.15) is 5.75 Å². The highest BCUT2D eigenvalue weighted by Gasteiger charge is 2.18. The third-order valence-electron chi connectivity index (χ3n) is 5.69. The minimum Gasteiger partial charge on any atom is -0.495 e. The van der Waals surface area contributed by atoms with Gasteiger partial charge in [-0.05, 0) is 43.2 Å². The molecule has 0 atom stereocenters. The molecule has 1 saturated carbocycles. The summed E-state index contributed by atoms with van der Waals surface area (Å²) in [5.41, 5.74) is 0.967. The van der Waals surface area contributed by atoms with E-state index in [9.17, 15) is 9.59 Å². The first kappa shape index (κ1) is 22.7. The quantitative estimate of drug-likeness (QED) is 0.312. The van der Waals surface area contributed by atoms with E-state index in [0.29, 0.717) is 32.5 Å². The van der Waals surface area contributed by atoms with Gasteiger partial charge in [-0.3, -0.25) is 14.2 Å². The smallest absolute Gasteiger partial charge is 0.266 e. The summed E-state index contributed by atoms with van der Waals surface area (Å²) in [4.78, 5) is 30.7. The van der Waals surface area contributed by atoms with Crippen LogP contribution >= 0.6 is 23.4 Å². The van der Waals surface area contributed by atoms with Gasteiger partial charge in [-0.1, -0.05) is 61.2 Å². The number of methoxy groups -OCH3 is 1. The number of para-hydroxylation sites is 1. The van der Waals surface area contributed by atoms with Crippen LogP contribution in [0.1, 0.15) is 38.5 Å². The van der Waals surface area contributed by atoms with Crippen molar-refractivity contribution in [3.8, 4) is 11.4 Å². The zero-order chi connectivity index (χ0) is 22.5. The third kappa shape index (κ3) is 5.10. The highest BCUT2D eigenvalue weighted by atomic mass is 35.5. The van der Waals surface area contributed by atoms with Crippen LogP contribution in [0, 0.1) is 0 Å². The Kier molecular flexibility index (Phi) is 7.37. The zero-order valence-corrected chi connectivity index (χ0v) is 19.5. The molecule has 8 heteroatoms. The summed E-state index contributed by atoms with van der Waals surface area (Å²) in [7, 11) is 1.54. The topological polar surface area (TPSA) is 73.2 Å². The van der Waals surface area contributed by atoms with Crippen LogP contribution in [0.2, 0.25) is 5.02 Å². The van der Waals surface area contributed by atoms with Crippen LogP contribution < -0.4 is 15.6 Å². The number of fused-ring (bicyclic) bond motifs is 1. The number of carbonyl (C=O) groups excluding carboxylic acids is 1. The summed E-state index contributed by atoms with van der Waals surface area (Å²) < 4.78 is 6.74. The molecule has 32 heavy (non-hydrogen) atoms. The SMILES string of the molecule is COc1ccc(-n2c(SCC(=O)NC3CCCCCC3)nc3ccccc3c2=O)cc1Cl. The molecular formula is C24H26ClN3O3S. The lowest BCUT2D eigenvalue weighted by Crippen LogP contribution is -2.35. The highest BCUT2D eigenvalue weighted by Crippen LogP contribution is 2.28. The number of nitrogens with one attached hydrogen (secondary N) is 1. The highest BCUT2D eigenvalue weighted by molar-refractivity contribution is 7.99. The van der Waals surface area contributed by atoms with E-state index >= 15 is 0 Å². The summed E-state index contributed by atoms with van der Waals surface area (Å²) in [5, 5.41) is 4.50. The molecule has 1 aliphatic carbocycles. The van der Waals surface area contributed by atoms with Gasteiger partial charge < -0.3 is 10.1 Å². The zero-order valence-electron chi connectivity index (χ0n) is 18.0. The van der Waals surface area contributed by atoms with Gasteiger partial charge in [-0.25, -0.2) is 4.98 Å². The number of thioether (sulfide) groups is 1. The molecule has 168 valence electrons. The number of carbonyl (C=O) groups is 1. The van der Waals surface area contributed by atoms with Crippen LogP contribution in [0.5, 0.6) is 5.75 Å². The molecule has 3 aromatic rings. The molecule has 6 nitrogen and oxygen atoms in total. The molecular weight excluding hydrogens is 446 g/mol. The maximum absolute atomic E-state index is 13.3. The number of hydrogen-bond donors (Lipinski definition) is 1. The molecule has 4 rings (SSSR count). The van der Waals surface area contributed by atoms with E-state index < -0.39 is 0 Å². The number of halogens is 1. The lowest BCUT2D eigenvalue weighted by molar-refractivity contribution is -0.119. The molecule has 0 unspecified atom stereocenters. The fourth-order valence-electron chi connectivity index (χ4n) is 4.05. The molecule has 0 aliphatic heterocycles. The Morgan fingerprint density at radius 1 is 1.19 bits per heavy atom. The van der Waals surface area contributed by atoms with E-state index in [1.165, 1.54) is 29.2 Å². The van der Waals surface area contributed by atoms with Gasteiger partial charge in [0.15, 0.2) is 5.16 Å². The number of rotatable bonds is 6. The Hall–Kier alpha value is -2.51. The Labute approximate surface area is 196 Å². The van der Waals surface area contributed by atoms with E-state index in [1.54, 1.807) is 37.4 Å². The first-order valence-electron chi connectivity index (χ1n) is 10.8. The number of amides is 1. The second kappa shape index (κ2) is 10.4. The van der Waals surface area contributed by atoms with Crippen molar-refractivity contribution < 1.29 is 9.53 Å². The fourth-order valence-corrected chi connectivity index (χ4v) is 5.13. The van der Waals surface area contributed by atoms with Crippen molar-refractivity contribution in [3.05, 3.63) is 57.8 Å². The Morgan fingerprint density at radius 3 is 2.66 bits per heavy atom. The van der Waals surface area contributed by atoms with E-state index in [2.05, 4.69) is 5.32 Å². The van der Waals surface area contributed by atoms with Crippen LogP contribution in [-0.4, -0.2) is 34.4 Å². The summed E-state index contributed by atoms with van der Waals surface area (Å²) in [6.45, 7) is 0. The van der Waals surface area contributed by atoms with Crippen molar-refractivity contribution in [3.63, 3.8) is 0 Å². The van der Waals surface area contributed by atoms with Gasteiger partial charge in [0.05, 0.1) is 34.5 Å². The minimum absolute atomic E-state index is 0.0383. The van der Waals surface area contributed by atoms with Crippen molar-refractivity contribution in [2.24, 2.45) is 0 Å². The molecule has 0 saturated heterocycles. The number of benzene rings is 2. The predicted octanol–water partition coefficient (Wildman–Crippen LogP) is 4.98. The second-order valence-corrected chi connectivity index (χ2v) is 9.27. The van der Waals surface area contributed by atoms with E-state index in [0.717, 1.165) is 25.7 Å². The fraction of sp³-hybridized carbons (Fsp3) is 0.375. The van der Waals surface area contributed by atoms with Crippen molar-refractivity contribution in [1.29, 1.82) is 0 Å². The van der Waals surface area contributed by atoms with Gasteiger partial charge in [0, 0.05) is 6.04 Å². The second-order valence-electron chi connectivity index (χ2n) is 7.92. The van der Waals surface area contributed by atoms with Crippen LogP contribution in [0.15, 0.2) is 52.4 Å². The minimum atomic E-state index is -0.205. The van der Waals surface area contributed by atoms with Crippen molar-refractivity contribution in [2.45, 2.75) is 49.7 Å². The number of nitrogens with zero attached hydrogens (tertiary/aromatic N) is 2. The van der Waals surface area contributed by atoms with E-state index in [4.69, 9.17) is 21.3 Å². The molecule has 1 aliphatic rings. The lowest BCUT2D eigenvalue weighted by atomic mass is 10.1. The van der Waals surface area contributed by atoms with Crippen LogP contribution in [0.3, 0.4) is 0 Å². The van der Waals surface area contributed by atoms with Gasteiger partial charge in [0.2, 0.25) is 5.91 Å². The molecule has 1 N–H and O–H groups in total. The summed E-state index contributed by atoms with van der Waals surface area (Å²) in [6.07, 6.45) is 6.83. The molecule has 0 bridgehead atoms. The average Bonchev–Trinajstić information content (AvgIpc) is 3.06. The van der Waals surface area contributed by atoms with E-state index in [1.807, 2.05) is 12.1 Å². The maximum Gasteiger partial charge on any atom is 0.266 e. The van der Waals surface area contributed by atoms with Crippen LogP contribution in [0.4, 0.5) is 0 Å². The Bertz CT molecular complexity index is 1170. The Balaban J connectivity index is 1.64. The average molecular weight is 472 g/mol. The standard InChI is InChI=1S/C24H26ClN3O3S/c1-31-21-13-12-17(14-19(21)25)28-23(30)18-10-6-7-11-20(18)27-24(28)32-15-22(29)26-16-8-4-2-3-5-9-16/h6-7,10-14,16H,2-5,8-9,15H2,1H3,(H,26,29). The largest absolute Gasteiger partial charge is 0.495 e. The molecule has 1 heterocycles. The van der Waals surface area contributed by atoms with Gasteiger partial charge >= 0.3 is 0 Å². The first-order valence-corrected chi connectivity index (χ1v) is 12.2. The van der Waals surface area contributed by atoms with Crippen LogP contribution in [0.25, 0.3) is 16.6 Å². The predicted molar refractivity (Wildman–Crippen MR) is 129 cm³/mol. The first-order chi connectivity index (χ1) is 15.6. The summed E-state index contributed by atoms with van der Waals surface area (Å²) in [5.74, 6) is 0.670. The van der Waals surface area contributed by atoms with Crippen molar-refractivity contribution in [2.75, 3.05) is 12.9 Å². The third-order valence-corrected chi connectivity index (χ3v) is 6.93. The molecule has 0 radical (unpaired) electrons. The van der Waals surface area contributed by atoms with E-state index in [-0.39, 0.29) is 23.3 Å². The normalized spacial score (nSPS) is 14.8. The van der Waals surface area contributed by atoms with Gasteiger partial charge in [-0.15, -0.1) is 0 Å². The lowest BCUT2D eigenvalue weighted by Gasteiger charge is -2.17.